The second kappa shape index (κ2) is 3.78. The summed E-state index contributed by atoms with van der Waals surface area (Å²) in [7, 11) is 0. The summed E-state index contributed by atoms with van der Waals surface area (Å²) in [5, 5.41) is 8.93. The van der Waals surface area contributed by atoms with Gasteiger partial charge in [-0.3, -0.25) is 5.10 Å². The summed E-state index contributed by atoms with van der Waals surface area (Å²) >= 11 is 0. The predicted molar refractivity (Wildman–Crippen MR) is 66.4 cm³/mol. The predicted octanol–water partition coefficient (Wildman–Crippen LogP) is 3.63. The number of nitrogens with one attached hydrogen (secondary N) is 1. The molecule has 0 saturated heterocycles. The first-order valence-corrected chi connectivity index (χ1v) is 6.00. The van der Waals surface area contributed by atoms with Crippen LogP contribution in [0.15, 0.2) is 36.4 Å². The maximum Gasteiger partial charge on any atom is 0.0737 e. The van der Waals surface area contributed by atoms with Gasteiger partial charge in [-0.25, -0.2) is 0 Å². The fourth-order valence-electron chi connectivity index (χ4n) is 2.56. The van der Waals surface area contributed by atoms with Crippen LogP contribution in [0, 0.1) is 5.92 Å². The number of aromatic nitrogens is 2. The zero-order valence-corrected chi connectivity index (χ0v) is 9.48. The molecule has 1 unspecified atom stereocenters. The first-order chi connectivity index (χ1) is 7.90. The van der Waals surface area contributed by atoms with Gasteiger partial charge in [0.15, 0.2) is 0 Å². The smallest absolute Gasteiger partial charge is 0.0737 e. The van der Waals surface area contributed by atoms with Crippen molar-refractivity contribution in [3.8, 4) is 0 Å². The zero-order valence-electron chi connectivity index (χ0n) is 9.48. The number of para-hydroxylation sites is 1. The van der Waals surface area contributed by atoms with Crippen molar-refractivity contribution in [2.75, 3.05) is 0 Å². The van der Waals surface area contributed by atoms with Crippen LogP contribution in [0.3, 0.4) is 0 Å². The van der Waals surface area contributed by atoms with Crippen molar-refractivity contribution < 1.29 is 0 Å². The van der Waals surface area contributed by atoms with E-state index < -0.39 is 0 Å². The number of hydrogen-bond acceptors (Lipinski definition) is 1. The molecule has 1 aromatic heterocycles. The summed E-state index contributed by atoms with van der Waals surface area (Å²) in [6.45, 7) is 2.25. The van der Waals surface area contributed by atoms with E-state index in [4.69, 9.17) is 0 Å². The van der Waals surface area contributed by atoms with Crippen LogP contribution in [0.4, 0.5) is 0 Å². The van der Waals surface area contributed by atoms with Crippen molar-refractivity contribution in [2.45, 2.75) is 25.7 Å². The Morgan fingerprint density at radius 2 is 2.25 bits per heavy atom. The average Bonchev–Trinajstić information content (AvgIpc) is 2.67. The van der Waals surface area contributed by atoms with Gasteiger partial charge in [-0.2, -0.15) is 5.10 Å². The van der Waals surface area contributed by atoms with Gasteiger partial charge in [0.1, 0.15) is 0 Å². The first-order valence-electron chi connectivity index (χ1n) is 6.00. The molecule has 0 spiro atoms. The van der Waals surface area contributed by atoms with Crippen LogP contribution in [-0.2, 0) is 0 Å². The Balaban J connectivity index is 2.06. The molecular formula is C14H16N2. The lowest BCUT2D eigenvalue weighted by Gasteiger charge is -2.26. The highest BCUT2D eigenvalue weighted by molar-refractivity contribution is 5.81. The topological polar surface area (TPSA) is 28.7 Å². The van der Waals surface area contributed by atoms with Crippen LogP contribution >= 0.6 is 0 Å². The standard InChI is InChI=1S/C14H16N2/c1-2-11(10-6-5-7-10)14-12-8-3-4-9-13(12)15-16-14/h3-6,8-11H,2,7H2,1H3,(H,15,16)/t10?,11-/m1/s1. The summed E-state index contributed by atoms with van der Waals surface area (Å²) in [5.74, 6) is 1.26. The van der Waals surface area contributed by atoms with E-state index >= 15 is 0 Å². The van der Waals surface area contributed by atoms with Crippen molar-refractivity contribution in [1.29, 1.82) is 0 Å². The van der Waals surface area contributed by atoms with Crippen LogP contribution in [-0.4, -0.2) is 10.2 Å². The van der Waals surface area contributed by atoms with E-state index in [1.165, 1.54) is 17.5 Å². The van der Waals surface area contributed by atoms with Crippen molar-refractivity contribution in [2.24, 2.45) is 5.92 Å². The highest BCUT2D eigenvalue weighted by Crippen LogP contribution is 2.37. The number of aromatic amines is 1. The molecule has 1 heterocycles. The van der Waals surface area contributed by atoms with E-state index in [-0.39, 0.29) is 0 Å². The summed E-state index contributed by atoms with van der Waals surface area (Å²) in [4.78, 5) is 0. The molecule has 2 nitrogen and oxygen atoms in total. The minimum Gasteiger partial charge on any atom is -0.278 e. The Kier molecular flexibility index (Phi) is 2.28. The van der Waals surface area contributed by atoms with E-state index in [1.54, 1.807) is 0 Å². The molecule has 0 bridgehead atoms. The van der Waals surface area contributed by atoms with Crippen molar-refractivity contribution in [3.63, 3.8) is 0 Å². The minimum atomic E-state index is 0.571. The number of rotatable bonds is 3. The molecule has 1 N–H and O–H groups in total. The Morgan fingerprint density at radius 3 is 2.94 bits per heavy atom. The van der Waals surface area contributed by atoms with E-state index in [0.29, 0.717) is 11.8 Å². The Bertz CT molecular complexity index is 524. The maximum atomic E-state index is 4.51. The molecule has 2 aromatic rings. The van der Waals surface area contributed by atoms with Gasteiger partial charge in [0.2, 0.25) is 0 Å². The number of allylic oxidation sites excluding steroid dienone is 2. The fraction of sp³-hybridized carbons (Fsp3) is 0.357. The van der Waals surface area contributed by atoms with E-state index in [9.17, 15) is 0 Å². The number of benzene rings is 1. The lowest BCUT2D eigenvalue weighted by Crippen LogP contribution is -2.15. The average molecular weight is 212 g/mol. The largest absolute Gasteiger partial charge is 0.278 e. The maximum absolute atomic E-state index is 4.51. The van der Waals surface area contributed by atoms with Gasteiger partial charge in [0.25, 0.3) is 0 Å². The van der Waals surface area contributed by atoms with Gasteiger partial charge in [-0.1, -0.05) is 37.3 Å². The first kappa shape index (κ1) is 9.64. The number of nitrogens with zero attached hydrogens (tertiary/aromatic N) is 1. The lowest BCUT2D eigenvalue weighted by molar-refractivity contribution is 0.459. The molecule has 2 heteroatoms. The van der Waals surface area contributed by atoms with Gasteiger partial charge >= 0.3 is 0 Å². The molecular weight excluding hydrogens is 196 g/mol. The molecule has 0 saturated carbocycles. The van der Waals surface area contributed by atoms with Crippen LogP contribution in [0.5, 0.6) is 0 Å². The molecule has 3 rings (SSSR count). The van der Waals surface area contributed by atoms with Crippen molar-refractivity contribution in [3.05, 3.63) is 42.1 Å². The van der Waals surface area contributed by atoms with Gasteiger partial charge < -0.3 is 0 Å². The van der Waals surface area contributed by atoms with Crippen LogP contribution in [0.2, 0.25) is 0 Å². The third-order valence-corrected chi connectivity index (χ3v) is 3.60. The molecule has 0 amide bonds. The normalized spacial score (nSPS) is 20.9. The minimum absolute atomic E-state index is 0.571. The molecule has 0 aliphatic heterocycles. The molecule has 1 aliphatic rings. The van der Waals surface area contributed by atoms with Gasteiger partial charge in [-0.15, -0.1) is 0 Å². The van der Waals surface area contributed by atoms with Gasteiger partial charge in [-0.05, 0) is 24.8 Å². The third-order valence-electron chi connectivity index (χ3n) is 3.60. The summed E-state index contributed by atoms with van der Waals surface area (Å²) in [6, 6.07) is 8.40. The van der Waals surface area contributed by atoms with E-state index in [1.807, 2.05) is 0 Å². The number of hydrogen-bond donors (Lipinski definition) is 1. The van der Waals surface area contributed by atoms with Crippen molar-refractivity contribution >= 4 is 10.9 Å². The quantitative estimate of drug-likeness (QED) is 0.773. The molecule has 16 heavy (non-hydrogen) atoms. The molecule has 2 atom stereocenters. The van der Waals surface area contributed by atoms with Gasteiger partial charge in [0, 0.05) is 11.3 Å². The summed E-state index contributed by atoms with van der Waals surface area (Å²) in [6.07, 6.45) is 6.93. The Morgan fingerprint density at radius 1 is 1.44 bits per heavy atom. The second-order valence-corrected chi connectivity index (χ2v) is 4.50. The van der Waals surface area contributed by atoms with E-state index in [0.717, 1.165) is 11.9 Å². The summed E-state index contributed by atoms with van der Waals surface area (Å²) in [5.41, 5.74) is 2.40. The molecule has 0 fully saturated rings. The van der Waals surface area contributed by atoms with Gasteiger partial charge in [0.05, 0.1) is 11.2 Å². The molecule has 1 aromatic carbocycles. The lowest BCUT2D eigenvalue weighted by atomic mass is 9.78. The van der Waals surface area contributed by atoms with E-state index in [2.05, 4.69) is 53.5 Å². The van der Waals surface area contributed by atoms with Crippen LogP contribution < -0.4 is 0 Å². The second-order valence-electron chi connectivity index (χ2n) is 4.50. The number of H-pyrrole nitrogens is 1. The highest BCUT2D eigenvalue weighted by Gasteiger charge is 2.25. The van der Waals surface area contributed by atoms with Crippen molar-refractivity contribution in [1.82, 2.24) is 10.2 Å². The number of fused-ring (bicyclic) bond motifs is 1. The van der Waals surface area contributed by atoms with Crippen LogP contribution in [0.25, 0.3) is 10.9 Å². The molecule has 0 radical (unpaired) electrons. The Labute approximate surface area is 95.4 Å². The molecule has 82 valence electrons. The van der Waals surface area contributed by atoms with Crippen LogP contribution in [0.1, 0.15) is 31.4 Å². The molecule has 1 aliphatic carbocycles. The fourth-order valence-corrected chi connectivity index (χ4v) is 2.56. The highest BCUT2D eigenvalue weighted by atomic mass is 15.1. The zero-order chi connectivity index (χ0) is 11.0. The third kappa shape index (κ3) is 1.37. The monoisotopic (exact) mass is 212 g/mol. The summed E-state index contributed by atoms with van der Waals surface area (Å²) < 4.78 is 0. The Hall–Kier alpha value is -1.57. The SMILES string of the molecule is CC[C@@H](c1n[nH]c2ccccc12)C1C=CC1.